The molecule has 1 aliphatic rings. The van der Waals surface area contributed by atoms with Crippen molar-refractivity contribution in [2.24, 2.45) is 0 Å². The molecular weight excluding hydrogens is 287 g/mol. The fourth-order valence-electron chi connectivity index (χ4n) is 2.49. The maximum absolute atomic E-state index is 13.5. The molecule has 1 aromatic rings. The van der Waals surface area contributed by atoms with Gasteiger partial charge in [-0.05, 0) is 0 Å². The van der Waals surface area contributed by atoms with Crippen LogP contribution in [0.25, 0.3) is 0 Å². The Labute approximate surface area is 118 Å². The predicted molar refractivity (Wildman–Crippen MR) is 67.3 cm³/mol. The largest absolute Gasteiger partial charge is 0.394 e. The molecule has 9 nitrogen and oxygen atoms in total. The summed E-state index contributed by atoms with van der Waals surface area (Å²) < 4.78 is 14.2. The number of nitrogens with zero attached hydrogens (tertiary/aromatic N) is 3. The second kappa shape index (κ2) is 5.39. The Morgan fingerprint density at radius 2 is 2.10 bits per heavy atom. The maximum atomic E-state index is 13.5. The van der Waals surface area contributed by atoms with E-state index in [1.807, 2.05) is 0 Å². The zero-order valence-corrected chi connectivity index (χ0v) is 11.0. The average Bonchev–Trinajstić information content (AvgIpc) is 2.66. The van der Waals surface area contributed by atoms with Crippen LogP contribution in [0.4, 0.5) is 10.2 Å². The fraction of sp³-hybridized carbons (Fsp3) is 0.545. The summed E-state index contributed by atoms with van der Waals surface area (Å²) >= 11 is 0. The molecular formula is C11H15FN4O5. The van der Waals surface area contributed by atoms with Crippen LogP contribution in [0.2, 0.25) is 0 Å². The van der Waals surface area contributed by atoms with E-state index in [2.05, 4.69) is 4.98 Å². The number of hydrogen-bond donors (Lipinski definition) is 4. The molecule has 0 aromatic carbocycles. The summed E-state index contributed by atoms with van der Waals surface area (Å²) in [4.78, 5) is 27.6. The van der Waals surface area contributed by atoms with Crippen molar-refractivity contribution in [1.82, 2.24) is 14.5 Å². The van der Waals surface area contributed by atoms with Gasteiger partial charge >= 0.3 is 5.69 Å². The third-order valence-corrected chi connectivity index (χ3v) is 3.46. The Bertz CT molecular complexity index is 621. The molecule has 116 valence electrons. The molecule has 0 saturated carbocycles. The Hall–Kier alpha value is -2.04. The lowest BCUT2D eigenvalue weighted by Crippen LogP contribution is -2.45. The van der Waals surface area contributed by atoms with Crippen LogP contribution in [-0.4, -0.2) is 60.5 Å². The van der Waals surface area contributed by atoms with E-state index in [4.69, 9.17) is 5.73 Å². The van der Waals surface area contributed by atoms with Crippen molar-refractivity contribution in [3.8, 4) is 0 Å². The highest BCUT2D eigenvalue weighted by atomic mass is 19.1. The monoisotopic (exact) mass is 302 g/mol. The van der Waals surface area contributed by atoms with E-state index in [0.29, 0.717) is 10.8 Å². The van der Waals surface area contributed by atoms with Crippen LogP contribution >= 0.6 is 0 Å². The van der Waals surface area contributed by atoms with Crippen LogP contribution in [0.3, 0.4) is 0 Å². The van der Waals surface area contributed by atoms with Crippen molar-refractivity contribution in [3.63, 3.8) is 0 Å². The average molecular weight is 302 g/mol. The Morgan fingerprint density at radius 1 is 1.48 bits per heavy atom. The molecule has 1 amide bonds. The van der Waals surface area contributed by atoms with Crippen molar-refractivity contribution in [2.45, 2.75) is 31.3 Å². The van der Waals surface area contributed by atoms with Gasteiger partial charge in [0.15, 0.2) is 11.6 Å². The zero-order valence-electron chi connectivity index (χ0n) is 11.0. The number of rotatable bonds is 2. The number of anilines is 1. The Kier molecular flexibility index (Phi) is 3.94. The molecule has 1 aromatic heterocycles. The lowest BCUT2D eigenvalue weighted by Gasteiger charge is -2.29. The molecule has 1 fully saturated rings. The van der Waals surface area contributed by atoms with Gasteiger partial charge in [0, 0.05) is 6.92 Å². The number of carbonyl (C=O) groups is 1. The van der Waals surface area contributed by atoms with Gasteiger partial charge in [-0.2, -0.15) is 4.98 Å². The number of amides is 1. The number of nitrogens with two attached hydrogens (primary N) is 1. The van der Waals surface area contributed by atoms with E-state index in [9.17, 15) is 29.3 Å². The van der Waals surface area contributed by atoms with Crippen LogP contribution in [0.5, 0.6) is 0 Å². The summed E-state index contributed by atoms with van der Waals surface area (Å²) in [5.41, 5.74) is 4.18. The number of halogens is 1. The van der Waals surface area contributed by atoms with Crippen LogP contribution in [0.1, 0.15) is 13.1 Å². The summed E-state index contributed by atoms with van der Waals surface area (Å²) in [5.74, 6) is -2.23. The molecule has 10 heteroatoms. The minimum Gasteiger partial charge on any atom is -0.394 e. The van der Waals surface area contributed by atoms with Crippen molar-refractivity contribution in [2.75, 3.05) is 12.3 Å². The van der Waals surface area contributed by atoms with E-state index in [0.717, 1.165) is 11.8 Å². The number of aromatic nitrogens is 2. The lowest BCUT2D eigenvalue weighted by atomic mass is 10.1. The smallest absolute Gasteiger partial charge is 0.351 e. The molecule has 0 unspecified atom stereocenters. The zero-order chi connectivity index (χ0) is 15.9. The topological polar surface area (TPSA) is 142 Å². The third-order valence-electron chi connectivity index (χ3n) is 3.46. The van der Waals surface area contributed by atoms with Crippen molar-refractivity contribution in [3.05, 3.63) is 22.5 Å². The fourth-order valence-corrected chi connectivity index (χ4v) is 2.49. The van der Waals surface area contributed by atoms with E-state index >= 15 is 0 Å². The summed E-state index contributed by atoms with van der Waals surface area (Å²) in [6.45, 7) is 0.500. The molecule has 0 aliphatic carbocycles. The Balaban J connectivity index is 2.57. The summed E-state index contributed by atoms with van der Waals surface area (Å²) in [5, 5.41) is 29.1. The van der Waals surface area contributed by atoms with Crippen LogP contribution in [0.15, 0.2) is 11.0 Å². The van der Waals surface area contributed by atoms with Gasteiger partial charge in [0.1, 0.15) is 18.4 Å². The second-order valence-corrected chi connectivity index (χ2v) is 4.73. The summed E-state index contributed by atoms with van der Waals surface area (Å²) in [6.07, 6.45) is -3.77. The lowest BCUT2D eigenvalue weighted by molar-refractivity contribution is -0.136. The first-order chi connectivity index (χ1) is 9.79. The number of aliphatic hydroxyl groups is 3. The van der Waals surface area contributed by atoms with Gasteiger partial charge in [-0.1, -0.05) is 0 Å². The van der Waals surface area contributed by atoms with Crippen molar-refractivity contribution >= 4 is 11.7 Å². The first-order valence-electron chi connectivity index (χ1n) is 6.09. The van der Waals surface area contributed by atoms with Crippen molar-refractivity contribution in [1.29, 1.82) is 0 Å². The highest BCUT2D eigenvalue weighted by molar-refractivity contribution is 5.74. The molecule has 1 saturated heterocycles. The van der Waals surface area contributed by atoms with Gasteiger partial charge in [0.2, 0.25) is 5.91 Å². The van der Waals surface area contributed by atoms with Gasteiger partial charge in [-0.3, -0.25) is 9.36 Å². The maximum Gasteiger partial charge on any atom is 0.351 e. The number of nitrogen functional groups attached to an aromatic ring is 1. The van der Waals surface area contributed by atoms with E-state index in [-0.39, 0.29) is 0 Å². The molecule has 21 heavy (non-hydrogen) atoms. The minimum absolute atomic E-state index is 0.612. The van der Waals surface area contributed by atoms with Gasteiger partial charge in [-0.25, -0.2) is 9.18 Å². The molecule has 0 spiro atoms. The number of hydrogen-bond acceptors (Lipinski definition) is 7. The number of likely N-dealkylation sites (tertiary alicyclic amines) is 1. The van der Waals surface area contributed by atoms with Gasteiger partial charge in [0.25, 0.3) is 0 Å². The molecule has 0 radical (unpaired) electrons. The van der Waals surface area contributed by atoms with Crippen LogP contribution in [0, 0.1) is 5.82 Å². The van der Waals surface area contributed by atoms with Crippen LogP contribution in [-0.2, 0) is 4.79 Å². The molecule has 1 aliphatic heterocycles. The number of aliphatic hydroxyl groups excluding tert-OH is 3. The first-order valence-corrected chi connectivity index (χ1v) is 6.09. The van der Waals surface area contributed by atoms with E-state index in [1.165, 1.54) is 0 Å². The van der Waals surface area contributed by atoms with Gasteiger partial charge in [-0.15, -0.1) is 0 Å². The molecule has 2 heterocycles. The third kappa shape index (κ3) is 2.37. The molecule has 2 rings (SSSR count). The molecule has 0 bridgehead atoms. The summed E-state index contributed by atoms with van der Waals surface area (Å²) in [7, 11) is 0. The summed E-state index contributed by atoms with van der Waals surface area (Å²) in [6, 6.07) is -1.12. The second-order valence-electron chi connectivity index (χ2n) is 4.73. The van der Waals surface area contributed by atoms with Crippen LogP contribution < -0.4 is 11.4 Å². The molecule has 4 atom stereocenters. The predicted octanol–water partition coefficient (Wildman–Crippen LogP) is -2.59. The van der Waals surface area contributed by atoms with E-state index in [1.54, 1.807) is 0 Å². The standard InChI is InChI=1S/C11H15FN4O5/c1-4(18)16-6(3-17)7(19)8(20)10(16)15-2-5(12)9(13)14-11(15)21/h2,6-8,10,17,19-20H,3H2,1H3,(H2,13,14,21)/t6-,7-,8-,10-/m1/s1. The highest BCUT2D eigenvalue weighted by Crippen LogP contribution is 2.32. The normalized spacial score (nSPS) is 28.9. The Morgan fingerprint density at radius 3 is 2.62 bits per heavy atom. The molecule has 5 N–H and O–H groups in total. The SMILES string of the molecule is CC(=O)N1[C@H](CO)[C@@H](O)[C@@H](O)[C@@H]1n1cc(F)c(N)nc1=O. The van der Waals surface area contributed by atoms with Crippen molar-refractivity contribution < 1.29 is 24.5 Å². The first kappa shape index (κ1) is 15.4. The highest BCUT2D eigenvalue weighted by Gasteiger charge is 2.50. The minimum atomic E-state index is -1.59. The van der Waals surface area contributed by atoms with Gasteiger partial charge < -0.3 is 26.0 Å². The number of carbonyl (C=O) groups excluding carboxylic acids is 1. The van der Waals surface area contributed by atoms with Gasteiger partial charge in [0.05, 0.1) is 18.8 Å². The van der Waals surface area contributed by atoms with E-state index < -0.39 is 54.3 Å². The quantitative estimate of drug-likeness (QED) is 0.469.